The highest BCUT2D eigenvalue weighted by Gasteiger charge is 2.12. The van der Waals surface area contributed by atoms with E-state index in [0.29, 0.717) is 36.0 Å². The summed E-state index contributed by atoms with van der Waals surface area (Å²) in [7, 11) is 1.62. The first-order valence-corrected chi connectivity index (χ1v) is 8.75. The summed E-state index contributed by atoms with van der Waals surface area (Å²) in [5, 5.41) is 0. The Hall–Kier alpha value is -2.75. The van der Waals surface area contributed by atoms with Crippen LogP contribution in [0.5, 0.6) is 11.5 Å². The minimum Gasteiger partial charge on any atom is -0.496 e. The lowest BCUT2D eigenvalue weighted by atomic mass is 9.96. The Labute approximate surface area is 155 Å². The number of allylic oxidation sites excluding steroid dienone is 2. The van der Waals surface area contributed by atoms with Crippen LogP contribution < -0.4 is 15.2 Å². The molecule has 2 aromatic rings. The second-order valence-corrected chi connectivity index (χ2v) is 6.76. The molecular formula is C22H27NO3. The van der Waals surface area contributed by atoms with Crippen LogP contribution in [-0.4, -0.2) is 20.0 Å². The Morgan fingerprint density at radius 3 is 2.58 bits per heavy atom. The Kier molecular flexibility index (Phi) is 6.84. The van der Waals surface area contributed by atoms with E-state index in [9.17, 15) is 4.79 Å². The third-order valence-electron chi connectivity index (χ3n) is 4.13. The molecule has 0 spiro atoms. The number of aldehydes is 1. The molecule has 0 aliphatic rings. The summed E-state index contributed by atoms with van der Waals surface area (Å²) in [6.45, 7) is 6.78. The van der Waals surface area contributed by atoms with E-state index >= 15 is 0 Å². The minimum absolute atomic E-state index is 0.447. The molecule has 0 amide bonds. The molecule has 2 aromatic carbocycles. The summed E-state index contributed by atoms with van der Waals surface area (Å²) in [6.07, 6.45) is 1.43. The van der Waals surface area contributed by atoms with Gasteiger partial charge in [-0.2, -0.15) is 0 Å². The number of nitrogens with two attached hydrogens (primary N) is 1. The Morgan fingerprint density at radius 1 is 1.19 bits per heavy atom. The fraction of sp³-hybridized carbons (Fsp3) is 0.318. The zero-order chi connectivity index (χ0) is 19.1. The SMILES string of the molecule is COc1cc(OCC(C)C)ccc1/C(C)=C(\C=O)Cc1cccc(N)c1. The van der Waals surface area contributed by atoms with Crippen LogP contribution in [0, 0.1) is 5.92 Å². The largest absolute Gasteiger partial charge is 0.496 e. The van der Waals surface area contributed by atoms with E-state index in [4.69, 9.17) is 15.2 Å². The highest BCUT2D eigenvalue weighted by atomic mass is 16.5. The summed E-state index contributed by atoms with van der Waals surface area (Å²) in [5.74, 6) is 1.90. The highest BCUT2D eigenvalue weighted by Crippen LogP contribution is 2.32. The van der Waals surface area contributed by atoms with Crippen molar-refractivity contribution in [3.63, 3.8) is 0 Å². The van der Waals surface area contributed by atoms with Gasteiger partial charge in [0.1, 0.15) is 17.8 Å². The second kappa shape index (κ2) is 9.09. The van der Waals surface area contributed by atoms with Crippen molar-refractivity contribution in [2.24, 2.45) is 5.92 Å². The number of anilines is 1. The Morgan fingerprint density at radius 2 is 1.96 bits per heavy atom. The summed E-state index contributed by atoms with van der Waals surface area (Å²) in [6, 6.07) is 13.3. The van der Waals surface area contributed by atoms with Crippen LogP contribution in [0.1, 0.15) is 31.9 Å². The molecule has 2 rings (SSSR count). The number of carbonyl (C=O) groups is 1. The molecule has 138 valence electrons. The van der Waals surface area contributed by atoms with Crippen LogP contribution in [0.3, 0.4) is 0 Å². The van der Waals surface area contributed by atoms with Gasteiger partial charge in [-0.1, -0.05) is 26.0 Å². The standard InChI is InChI=1S/C22H27NO3/c1-15(2)14-26-20-8-9-21(22(12-20)25-4)16(3)18(13-24)10-17-6-5-7-19(23)11-17/h5-9,11-13,15H,10,14,23H2,1-4H3/b18-16-. The molecule has 0 atom stereocenters. The average molecular weight is 353 g/mol. The molecule has 0 aromatic heterocycles. The maximum atomic E-state index is 11.7. The van der Waals surface area contributed by atoms with Crippen LogP contribution in [-0.2, 0) is 11.2 Å². The molecule has 0 heterocycles. The van der Waals surface area contributed by atoms with Gasteiger partial charge in [0.25, 0.3) is 0 Å². The maximum absolute atomic E-state index is 11.7. The number of hydrogen-bond donors (Lipinski definition) is 1. The molecule has 0 saturated carbocycles. The smallest absolute Gasteiger partial charge is 0.146 e. The predicted octanol–water partition coefficient (Wildman–Crippen LogP) is 4.53. The first kappa shape index (κ1) is 19.6. The van der Waals surface area contributed by atoms with Gasteiger partial charge in [-0.05, 0) is 53.8 Å². The molecule has 0 fully saturated rings. The molecule has 2 N–H and O–H groups in total. The summed E-state index contributed by atoms with van der Waals surface area (Å²) in [5.41, 5.74) is 10.00. The lowest BCUT2D eigenvalue weighted by molar-refractivity contribution is -0.104. The van der Waals surface area contributed by atoms with Gasteiger partial charge in [0.15, 0.2) is 0 Å². The van der Waals surface area contributed by atoms with Gasteiger partial charge in [-0.25, -0.2) is 0 Å². The summed E-state index contributed by atoms with van der Waals surface area (Å²) in [4.78, 5) is 11.7. The number of nitrogen functional groups attached to an aromatic ring is 1. The van der Waals surface area contributed by atoms with Gasteiger partial charge in [-0.15, -0.1) is 0 Å². The molecule has 0 aliphatic heterocycles. The van der Waals surface area contributed by atoms with Crippen LogP contribution in [0.4, 0.5) is 5.69 Å². The molecule has 0 saturated heterocycles. The third-order valence-corrected chi connectivity index (χ3v) is 4.13. The van der Waals surface area contributed by atoms with Gasteiger partial charge in [0, 0.05) is 23.7 Å². The zero-order valence-electron chi connectivity index (χ0n) is 15.9. The number of rotatable bonds is 8. The Bertz CT molecular complexity index is 794. The molecule has 4 nitrogen and oxygen atoms in total. The van der Waals surface area contributed by atoms with Crippen molar-refractivity contribution in [1.82, 2.24) is 0 Å². The lowest BCUT2D eigenvalue weighted by Crippen LogP contribution is -2.05. The van der Waals surface area contributed by atoms with Crippen LogP contribution >= 0.6 is 0 Å². The van der Waals surface area contributed by atoms with Crippen molar-refractivity contribution in [3.05, 3.63) is 59.2 Å². The van der Waals surface area contributed by atoms with Gasteiger partial charge >= 0.3 is 0 Å². The second-order valence-electron chi connectivity index (χ2n) is 6.76. The number of benzene rings is 2. The van der Waals surface area contributed by atoms with E-state index in [1.807, 2.05) is 49.4 Å². The van der Waals surface area contributed by atoms with Crippen molar-refractivity contribution < 1.29 is 14.3 Å². The normalized spacial score (nSPS) is 11.9. The molecule has 4 heteroatoms. The van der Waals surface area contributed by atoms with E-state index in [2.05, 4.69) is 13.8 Å². The Balaban J connectivity index is 2.33. The van der Waals surface area contributed by atoms with Crippen molar-refractivity contribution in [2.75, 3.05) is 19.5 Å². The number of carbonyl (C=O) groups excluding carboxylic acids is 1. The van der Waals surface area contributed by atoms with Crippen LogP contribution in [0.15, 0.2) is 48.0 Å². The van der Waals surface area contributed by atoms with E-state index in [-0.39, 0.29) is 0 Å². The van der Waals surface area contributed by atoms with Gasteiger partial charge in [-0.3, -0.25) is 4.79 Å². The third kappa shape index (κ3) is 5.12. The van der Waals surface area contributed by atoms with Crippen molar-refractivity contribution in [3.8, 4) is 11.5 Å². The lowest BCUT2D eigenvalue weighted by Gasteiger charge is -2.15. The quantitative estimate of drug-likeness (QED) is 0.430. The van der Waals surface area contributed by atoms with E-state index in [1.54, 1.807) is 7.11 Å². The fourth-order valence-corrected chi connectivity index (χ4v) is 2.69. The van der Waals surface area contributed by atoms with E-state index in [0.717, 1.165) is 28.7 Å². The minimum atomic E-state index is 0.447. The molecule has 0 radical (unpaired) electrons. The van der Waals surface area contributed by atoms with Gasteiger partial charge < -0.3 is 15.2 Å². The van der Waals surface area contributed by atoms with Crippen LogP contribution in [0.2, 0.25) is 0 Å². The molecule has 26 heavy (non-hydrogen) atoms. The van der Waals surface area contributed by atoms with Gasteiger partial charge in [0.2, 0.25) is 0 Å². The predicted molar refractivity (Wildman–Crippen MR) is 107 cm³/mol. The van der Waals surface area contributed by atoms with Crippen molar-refractivity contribution >= 4 is 17.5 Å². The highest BCUT2D eigenvalue weighted by molar-refractivity contribution is 5.89. The van der Waals surface area contributed by atoms with Crippen molar-refractivity contribution in [2.45, 2.75) is 27.2 Å². The monoisotopic (exact) mass is 353 g/mol. The molecule has 0 aliphatic carbocycles. The maximum Gasteiger partial charge on any atom is 0.146 e. The molecule has 0 bridgehead atoms. The zero-order valence-corrected chi connectivity index (χ0v) is 15.9. The van der Waals surface area contributed by atoms with E-state index < -0.39 is 0 Å². The van der Waals surface area contributed by atoms with Crippen molar-refractivity contribution in [1.29, 1.82) is 0 Å². The number of methoxy groups -OCH3 is 1. The number of ether oxygens (including phenoxy) is 2. The van der Waals surface area contributed by atoms with Gasteiger partial charge in [0.05, 0.1) is 13.7 Å². The number of hydrogen-bond acceptors (Lipinski definition) is 4. The molecular weight excluding hydrogens is 326 g/mol. The topological polar surface area (TPSA) is 61.5 Å². The fourth-order valence-electron chi connectivity index (χ4n) is 2.69. The summed E-state index contributed by atoms with van der Waals surface area (Å²) < 4.78 is 11.3. The first-order chi connectivity index (χ1) is 12.4. The average Bonchev–Trinajstić information content (AvgIpc) is 2.63. The first-order valence-electron chi connectivity index (χ1n) is 8.75. The summed E-state index contributed by atoms with van der Waals surface area (Å²) >= 11 is 0. The van der Waals surface area contributed by atoms with Crippen LogP contribution in [0.25, 0.3) is 5.57 Å². The van der Waals surface area contributed by atoms with E-state index in [1.165, 1.54) is 0 Å². The molecule has 0 unspecified atom stereocenters.